The van der Waals surface area contributed by atoms with Crippen LogP contribution in [0.5, 0.6) is 0 Å². The van der Waals surface area contributed by atoms with Gasteiger partial charge >= 0.3 is 6.01 Å². The molecule has 0 amide bonds. The fourth-order valence-electron chi connectivity index (χ4n) is 1.88. The third kappa shape index (κ3) is 3.86. The van der Waals surface area contributed by atoms with Crippen LogP contribution in [0.1, 0.15) is 19.7 Å². The van der Waals surface area contributed by atoms with Gasteiger partial charge in [0, 0.05) is 30.3 Å². The molecule has 1 atom stereocenters. The van der Waals surface area contributed by atoms with Crippen molar-refractivity contribution < 1.29 is 12.8 Å². The summed E-state index contributed by atoms with van der Waals surface area (Å²) in [5, 5.41) is 10.5. The molecule has 2 heterocycles. The van der Waals surface area contributed by atoms with Crippen LogP contribution in [0.25, 0.3) is 0 Å². The first-order chi connectivity index (χ1) is 9.38. The lowest BCUT2D eigenvalue weighted by atomic mass is 10.4. The maximum atomic E-state index is 11.8. The van der Waals surface area contributed by atoms with Gasteiger partial charge in [0.2, 0.25) is 5.89 Å². The molecule has 2 rings (SSSR count). The molecule has 1 N–H and O–H groups in total. The Balaban J connectivity index is 2.12. The molecule has 1 aromatic heterocycles. The molecule has 1 saturated heterocycles. The average molecular weight is 320 g/mol. The van der Waals surface area contributed by atoms with E-state index in [2.05, 4.69) is 15.5 Å². The van der Waals surface area contributed by atoms with Gasteiger partial charge < -0.3 is 14.6 Å². The number of aromatic nitrogens is 2. The molecule has 114 valence electrons. The van der Waals surface area contributed by atoms with Crippen molar-refractivity contribution in [3.05, 3.63) is 5.89 Å². The van der Waals surface area contributed by atoms with E-state index >= 15 is 0 Å². The monoisotopic (exact) mass is 320 g/mol. The zero-order chi connectivity index (χ0) is 14.8. The smallest absolute Gasteiger partial charge is 0.319 e. The molecule has 7 nitrogen and oxygen atoms in total. The van der Waals surface area contributed by atoms with Crippen LogP contribution in [-0.4, -0.2) is 54.3 Å². The lowest BCUT2D eigenvalue weighted by molar-refractivity contribution is 0.444. The predicted octanol–water partition coefficient (Wildman–Crippen LogP) is 0.491. The average Bonchev–Trinajstić information content (AvgIpc) is 2.84. The van der Waals surface area contributed by atoms with Gasteiger partial charge in [0.1, 0.15) is 5.37 Å². The summed E-state index contributed by atoms with van der Waals surface area (Å²) in [6.07, 6.45) is 1.24. The minimum Gasteiger partial charge on any atom is -0.407 e. The van der Waals surface area contributed by atoms with Gasteiger partial charge in [-0.25, -0.2) is 8.42 Å². The fraction of sp³-hybridized carbons (Fsp3) is 0.818. The maximum Gasteiger partial charge on any atom is 0.319 e. The van der Waals surface area contributed by atoms with E-state index in [-0.39, 0.29) is 0 Å². The minimum absolute atomic E-state index is 0.293. The Kier molecular flexibility index (Phi) is 4.92. The Labute approximate surface area is 123 Å². The second-order valence-electron chi connectivity index (χ2n) is 5.07. The third-order valence-electron chi connectivity index (χ3n) is 2.94. The summed E-state index contributed by atoms with van der Waals surface area (Å²) < 4.78 is 29.2. The molecule has 0 radical (unpaired) electrons. The number of nitrogens with zero attached hydrogens (tertiary/aromatic N) is 3. The summed E-state index contributed by atoms with van der Waals surface area (Å²) >= 11 is 1.63. The van der Waals surface area contributed by atoms with E-state index in [1.807, 2.05) is 13.8 Å². The predicted molar refractivity (Wildman–Crippen MR) is 79.6 cm³/mol. The summed E-state index contributed by atoms with van der Waals surface area (Å²) in [5.41, 5.74) is 0. The van der Waals surface area contributed by atoms with Crippen LogP contribution >= 0.6 is 11.8 Å². The van der Waals surface area contributed by atoms with Crippen molar-refractivity contribution >= 4 is 27.6 Å². The van der Waals surface area contributed by atoms with Crippen molar-refractivity contribution in [1.29, 1.82) is 0 Å². The highest BCUT2D eigenvalue weighted by Gasteiger charge is 2.34. The zero-order valence-corrected chi connectivity index (χ0v) is 13.5. The first-order valence-corrected chi connectivity index (χ1v) is 9.58. The standard InChI is InChI=1S/C11H20N4O3S2/c1-8(2)12-6-9-13-14-11(18-9)15-4-5-19-7-10(15)20(3,16)17/h8,10,12H,4-7H2,1-3H3. The molecule has 1 aliphatic rings. The molecule has 0 aromatic carbocycles. The SMILES string of the molecule is CC(C)NCc1nnc(N2CCSCC2S(C)(=O)=O)o1. The van der Waals surface area contributed by atoms with E-state index in [0.717, 1.165) is 5.75 Å². The van der Waals surface area contributed by atoms with Crippen LogP contribution in [0, 0.1) is 0 Å². The van der Waals surface area contributed by atoms with Crippen molar-refractivity contribution in [3.8, 4) is 0 Å². The zero-order valence-electron chi connectivity index (χ0n) is 11.9. The quantitative estimate of drug-likeness (QED) is 0.838. The number of rotatable bonds is 5. The summed E-state index contributed by atoms with van der Waals surface area (Å²) in [6, 6.07) is 0.613. The molecule has 1 unspecified atom stereocenters. The largest absolute Gasteiger partial charge is 0.407 e. The number of hydrogen-bond donors (Lipinski definition) is 1. The molecule has 0 saturated carbocycles. The van der Waals surface area contributed by atoms with Gasteiger partial charge in [0.15, 0.2) is 9.84 Å². The van der Waals surface area contributed by atoms with Crippen molar-refractivity contribution in [2.45, 2.75) is 31.8 Å². The van der Waals surface area contributed by atoms with E-state index < -0.39 is 15.2 Å². The van der Waals surface area contributed by atoms with Crippen LogP contribution in [0.3, 0.4) is 0 Å². The van der Waals surface area contributed by atoms with Gasteiger partial charge in [0.25, 0.3) is 0 Å². The van der Waals surface area contributed by atoms with Crippen molar-refractivity contribution in [3.63, 3.8) is 0 Å². The Hall–Kier alpha value is -0.800. The summed E-state index contributed by atoms with van der Waals surface area (Å²) in [6.45, 7) is 5.14. The fourth-order valence-corrected chi connectivity index (χ4v) is 4.69. The molecular formula is C11H20N4O3S2. The molecule has 0 bridgehead atoms. The van der Waals surface area contributed by atoms with Crippen molar-refractivity contribution in [1.82, 2.24) is 15.5 Å². The van der Waals surface area contributed by atoms with Gasteiger partial charge in [-0.15, -0.1) is 5.10 Å². The van der Waals surface area contributed by atoms with Gasteiger partial charge in [-0.2, -0.15) is 11.8 Å². The first-order valence-electron chi connectivity index (χ1n) is 6.47. The van der Waals surface area contributed by atoms with Crippen LogP contribution in [0.2, 0.25) is 0 Å². The molecule has 0 aliphatic carbocycles. The molecule has 1 aliphatic heterocycles. The Morgan fingerprint density at radius 3 is 2.90 bits per heavy atom. The van der Waals surface area contributed by atoms with Crippen LogP contribution in [-0.2, 0) is 16.4 Å². The van der Waals surface area contributed by atoms with Crippen molar-refractivity contribution in [2.75, 3.05) is 29.2 Å². The van der Waals surface area contributed by atoms with Gasteiger partial charge in [-0.05, 0) is 0 Å². The lowest BCUT2D eigenvalue weighted by Crippen LogP contribution is -2.47. The second-order valence-corrected chi connectivity index (χ2v) is 8.42. The van der Waals surface area contributed by atoms with E-state index in [0.29, 0.717) is 36.8 Å². The van der Waals surface area contributed by atoms with E-state index in [9.17, 15) is 8.42 Å². The third-order valence-corrected chi connectivity index (χ3v) is 5.59. The molecule has 1 aromatic rings. The number of anilines is 1. The lowest BCUT2D eigenvalue weighted by Gasteiger charge is -2.32. The molecule has 0 spiro atoms. The number of thioether (sulfide) groups is 1. The minimum atomic E-state index is -3.18. The Bertz CT molecular complexity index is 544. The topological polar surface area (TPSA) is 88.3 Å². The highest BCUT2D eigenvalue weighted by atomic mass is 32.2. The number of hydrogen-bond acceptors (Lipinski definition) is 8. The van der Waals surface area contributed by atoms with Crippen LogP contribution < -0.4 is 10.2 Å². The van der Waals surface area contributed by atoms with Crippen molar-refractivity contribution in [2.24, 2.45) is 0 Å². The van der Waals surface area contributed by atoms with E-state index in [4.69, 9.17) is 4.42 Å². The van der Waals surface area contributed by atoms with E-state index in [1.54, 1.807) is 16.7 Å². The van der Waals surface area contributed by atoms with Gasteiger partial charge in [-0.1, -0.05) is 18.9 Å². The number of nitrogens with one attached hydrogen (secondary N) is 1. The first kappa shape index (κ1) is 15.6. The molecule has 20 heavy (non-hydrogen) atoms. The summed E-state index contributed by atoms with van der Waals surface area (Å²) in [4.78, 5) is 1.69. The highest BCUT2D eigenvalue weighted by molar-refractivity contribution is 8.01. The summed E-state index contributed by atoms with van der Waals surface area (Å²) in [7, 11) is -3.18. The Morgan fingerprint density at radius 1 is 1.50 bits per heavy atom. The molecular weight excluding hydrogens is 300 g/mol. The highest BCUT2D eigenvalue weighted by Crippen LogP contribution is 2.25. The van der Waals surface area contributed by atoms with Crippen LogP contribution in [0.4, 0.5) is 6.01 Å². The summed E-state index contributed by atoms with van der Waals surface area (Å²) in [5.74, 6) is 1.86. The molecule has 1 fully saturated rings. The molecule has 9 heteroatoms. The van der Waals surface area contributed by atoms with Gasteiger partial charge in [-0.3, -0.25) is 0 Å². The normalized spacial score (nSPS) is 20.6. The number of sulfone groups is 1. The van der Waals surface area contributed by atoms with Gasteiger partial charge in [0.05, 0.1) is 6.54 Å². The second kappa shape index (κ2) is 6.31. The van der Waals surface area contributed by atoms with Crippen LogP contribution in [0.15, 0.2) is 4.42 Å². The maximum absolute atomic E-state index is 11.8. The Morgan fingerprint density at radius 2 is 2.25 bits per heavy atom. The van der Waals surface area contributed by atoms with E-state index in [1.165, 1.54) is 6.26 Å².